The molecule has 0 spiro atoms. The Morgan fingerprint density at radius 1 is 0.974 bits per heavy atom. The predicted octanol–water partition coefficient (Wildman–Crippen LogP) is 3.82. The monoisotopic (exact) mass is 542 g/mol. The lowest BCUT2D eigenvalue weighted by Gasteiger charge is -2.29. The SMILES string of the molecule is Cc1ccc(OC(C(C)C)C(C)OC(=O)[C@H](C)NC(=O)c2nccc(CC=O)c2OCOC(=O)C(C)C)cc1. The van der Waals surface area contributed by atoms with Crippen LogP contribution >= 0.6 is 0 Å². The molecule has 10 heteroatoms. The van der Waals surface area contributed by atoms with Gasteiger partial charge in [0.1, 0.15) is 30.3 Å². The Morgan fingerprint density at radius 2 is 1.64 bits per heavy atom. The van der Waals surface area contributed by atoms with E-state index in [1.165, 1.54) is 19.2 Å². The Morgan fingerprint density at radius 3 is 2.23 bits per heavy atom. The number of nitrogens with zero attached hydrogens (tertiary/aromatic N) is 1. The maximum absolute atomic E-state index is 13.1. The van der Waals surface area contributed by atoms with Crippen molar-refractivity contribution in [3.05, 3.63) is 53.3 Å². The molecule has 0 aliphatic heterocycles. The Labute approximate surface area is 229 Å². The average molecular weight is 543 g/mol. The van der Waals surface area contributed by atoms with Gasteiger partial charge in [0.15, 0.2) is 11.4 Å². The van der Waals surface area contributed by atoms with Crippen molar-refractivity contribution in [1.82, 2.24) is 10.3 Å². The molecular weight excluding hydrogens is 504 g/mol. The number of carbonyl (C=O) groups excluding carboxylic acids is 4. The van der Waals surface area contributed by atoms with Gasteiger partial charge >= 0.3 is 11.9 Å². The van der Waals surface area contributed by atoms with E-state index in [9.17, 15) is 19.2 Å². The minimum absolute atomic E-state index is 0.0149. The summed E-state index contributed by atoms with van der Waals surface area (Å²) in [6.07, 6.45) is 0.913. The fourth-order valence-electron chi connectivity index (χ4n) is 3.60. The number of esters is 2. The van der Waals surface area contributed by atoms with E-state index >= 15 is 0 Å². The van der Waals surface area contributed by atoms with E-state index in [-0.39, 0.29) is 29.7 Å². The van der Waals surface area contributed by atoms with Crippen molar-refractivity contribution in [2.45, 2.75) is 73.1 Å². The summed E-state index contributed by atoms with van der Waals surface area (Å²) in [4.78, 5) is 52.9. The number of ether oxygens (including phenoxy) is 4. The third-order valence-corrected chi connectivity index (χ3v) is 5.80. The van der Waals surface area contributed by atoms with Gasteiger partial charge in [0.2, 0.25) is 6.79 Å². The number of aromatic nitrogens is 1. The van der Waals surface area contributed by atoms with E-state index in [1.54, 1.807) is 20.8 Å². The smallest absolute Gasteiger partial charge is 0.328 e. The first-order valence-corrected chi connectivity index (χ1v) is 12.9. The van der Waals surface area contributed by atoms with Crippen molar-refractivity contribution < 1.29 is 38.1 Å². The molecule has 2 unspecified atom stereocenters. The number of nitrogens with one attached hydrogen (secondary N) is 1. The summed E-state index contributed by atoms with van der Waals surface area (Å²) in [5, 5.41) is 2.56. The molecule has 0 bridgehead atoms. The number of carbonyl (C=O) groups is 4. The van der Waals surface area contributed by atoms with Gasteiger partial charge in [0, 0.05) is 18.2 Å². The fourth-order valence-corrected chi connectivity index (χ4v) is 3.60. The van der Waals surface area contributed by atoms with Gasteiger partial charge in [-0.15, -0.1) is 0 Å². The molecule has 1 aromatic carbocycles. The van der Waals surface area contributed by atoms with Gasteiger partial charge in [0.05, 0.1) is 5.92 Å². The number of aryl methyl sites for hydroxylation is 1. The van der Waals surface area contributed by atoms with Gasteiger partial charge in [-0.3, -0.25) is 9.59 Å². The van der Waals surface area contributed by atoms with Crippen LogP contribution in [-0.2, 0) is 30.3 Å². The lowest BCUT2D eigenvalue weighted by Crippen LogP contribution is -2.44. The highest BCUT2D eigenvalue weighted by atomic mass is 16.7. The molecule has 0 saturated heterocycles. The van der Waals surface area contributed by atoms with Gasteiger partial charge in [-0.25, -0.2) is 9.78 Å². The summed E-state index contributed by atoms with van der Waals surface area (Å²) in [6, 6.07) is 8.07. The minimum atomic E-state index is -1.03. The second kappa shape index (κ2) is 14.8. The van der Waals surface area contributed by atoms with Gasteiger partial charge in [-0.2, -0.15) is 0 Å². The quantitative estimate of drug-likeness (QED) is 0.215. The third kappa shape index (κ3) is 9.38. The Balaban J connectivity index is 2.09. The molecule has 2 aromatic rings. The van der Waals surface area contributed by atoms with Crippen LogP contribution in [0.3, 0.4) is 0 Å². The molecule has 39 heavy (non-hydrogen) atoms. The molecule has 2 rings (SSSR count). The second-order valence-electron chi connectivity index (χ2n) is 9.88. The van der Waals surface area contributed by atoms with Crippen LogP contribution in [-0.4, -0.2) is 54.2 Å². The molecule has 1 aromatic heterocycles. The molecule has 0 saturated carbocycles. The van der Waals surface area contributed by atoms with Crippen molar-refractivity contribution in [2.24, 2.45) is 11.8 Å². The zero-order chi connectivity index (χ0) is 29.1. The van der Waals surface area contributed by atoms with Gasteiger partial charge < -0.3 is 29.1 Å². The van der Waals surface area contributed by atoms with Crippen LogP contribution < -0.4 is 14.8 Å². The summed E-state index contributed by atoms with van der Waals surface area (Å²) in [7, 11) is 0. The molecule has 3 atom stereocenters. The average Bonchev–Trinajstić information content (AvgIpc) is 2.88. The van der Waals surface area contributed by atoms with Crippen molar-refractivity contribution >= 4 is 24.1 Å². The number of hydrogen-bond acceptors (Lipinski definition) is 9. The predicted molar refractivity (Wildman–Crippen MR) is 143 cm³/mol. The van der Waals surface area contributed by atoms with Crippen molar-refractivity contribution in [3.63, 3.8) is 0 Å². The van der Waals surface area contributed by atoms with Crippen LogP contribution in [0.15, 0.2) is 36.5 Å². The third-order valence-electron chi connectivity index (χ3n) is 5.80. The maximum atomic E-state index is 13.1. The molecule has 0 fully saturated rings. The summed E-state index contributed by atoms with van der Waals surface area (Å²) in [6.45, 7) is 12.0. The van der Waals surface area contributed by atoms with Crippen LogP contribution in [0.2, 0.25) is 0 Å². The molecular formula is C29H38N2O8. The number of amides is 1. The van der Waals surface area contributed by atoms with E-state index in [0.717, 1.165) is 5.56 Å². The highest BCUT2D eigenvalue weighted by molar-refractivity contribution is 5.97. The van der Waals surface area contributed by atoms with Gasteiger partial charge in [-0.05, 0) is 44.9 Å². The maximum Gasteiger partial charge on any atom is 0.328 e. The summed E-state index contributed by atoms with van der Waals surface area (Å²) < 4.78 is 22.3. The largest absolute Gasteiger partial charge is 0.486 e. The van der Waals surface area contributed by atoms with Crippen LogP contribution in [0.25, 0.3) is 0 Å². The first kappa shape index (κ1) is 31.3. The van der Waals surface area contributed by atoms with Crippen LogP contribution in [0.1, 0.15) is 63.2 Å². The minimum Gasteiger partial charge on any atom is -0.486 e. The highest BCUT2D eigenvalue weighted by Gasteiger charge is 2.29. The number of benzene rings is 1. The van der Waals surface area contributed by atoms with Gasteiger partial charge in [0.25, 0.3) is 5.91 Å². The number of pyridine rings is 1. The molecule has 10 nitrogen and oxygen atoms in total. The molecule has 1 N–H and O–H groups in total. The van der Waals surface area contributed by atoms with Crippen LogP contribution in [0.4, 0.5) is 0 Å². The normalized spacial score (nSPS) is 13.3. The summed E-state index contributed by atoms with van der Waals surface area (Å²) in [5.41, 5.74) is 1.32. The van der Waals surface area contributed by atoms with Crippen molar-refractivity contribution in [2.75, 3.05) is 6.79 Å². The zero-order valence-electron chi connectivity index (χ0n) is 23.6. The molecule has 0 aliphatic rings. The number of rotatable bonds is 14. The Hall–Kier alpha value is -3.95. The molecule has 1 amide bonds. The molecule has 0 aliphatic carbocycles. The zero-order valence-corrected chi connectivity index (χ0v) is 23.6. The van der Waals surface area contributed by atoms with E-state index in [0.29, 0.717) is 17.6 Å². The van der Waals surface area contributed by atoms with E-state index in [1.807, 2.05) is 45.0 Å². The second-order valence-corrected chi connectivity index (χ2v) is 9.88. The topological polar surface area (TPSA) is 130 Å². The van der Waals surface area contributed by atoms with E-state index in [2.05, 4.69) is 10.3 Å². The lowest BCUT2D eigenvalue weighted by atomic mass is 10.0. The van der Waals surface area contributed by atoms with E-state index in [4.69, 9.17) is 18.9 Å². The summed E-state index contributed by atoms with van der Waals surface area (Å²) >= 11 is 0. The highest BCUT2D eigenvalue weighted by Crippen LogP contribution is 2.24. The van der Waals surface area contributed by atoms with Crippen LogP contribution in [0, 0.1) is 18.8 Å². The lowest BCUT2D eigenvalue weighted by molar-refractivity contribution is -0.156. The Kier molecular flexibility index (Phi) is 11.9. The Bertz CT molecular complexity index is 1130. The van der Waals surface area contributed by atoms with E-state index < -0.39 is 42.9 Å². The fraction of sp³-hybridized carbons (Fsp3) is 0.483. The first-order chi connectivity index (χ1) is 18.4. The molecule has 1 heterocycles. The molecule has 212 valence electrons. The summed E-state index contributed by atoms with van der Waals surface area (Å²) in [5.74, 6) is -1.55. The van der Waals surface area contributed by atoms with Crippen molar-refractivity contribution in [3.8, 4) is 11.5 Å². The van der Waals surface area contributed by atoms with Crippen molar-refractivity contribution in [1.29, 1.82) is 0 Å². The van der Waals surface area contributed by atoms with Crippen LogP contribution in [0.5, 0.6) is 11.5 Å². The van der Waals surface area contributed by atoms with Gasteiger partial charge in [-0.1, -0.05) is 45.4 Å². The number of aldehydes is 1. The first-order valence-electron chi connectivity index (χ1n) is 12.9. The molecule has 0 radical (unpaired) electrons. The number of hydrogen-bond donors (Lipinski definition) is 1. The standard InChI is InChI=1S/C29H38N2O8/c1-17(2)25(39-23-10-8-19(5)9-11-23)21(7)38-29(35)20(6)31-27(33)24-26(22(13-15-32)12-14-30-24)36-16-37-28(34)18(3)4/h8-12,14-15,17-18,20-21,25H,13,16H2,1-7H3,(H,31,33)/t20-,21?,25?/m0/s1.